The standard InChI is InChI=1S/C11H18N2O2S/c1-4-13(8(2)5-11(14)15)9(3)10-6-16-7-12-10/h6-9H,4-5H2,1-3H3,(H,14,15). The predicted molar refractivity (Wildman–Crippen MR) is 64.6 cm³/mol. The van der Waals surface area contributed by atoms with E-state index in [2.05, 4.69) is 16.8 Å². The van der Waals surface area contributed by atoms with Gasteiger partial charge in [0.25, 0.3) is 0 Å². The molecule has 5 heteroatoms. The van der Waals surface area contributed by atoms with Crippen molar-refractivity contribution in [1.82, 2.24) is 9.88 Å². The monoisotopic (exact) mass is 242 g/mol. The molecule has 1 aromatic heterocycles. The van der Waals surface area contributed by atoms with Crippen molar-refractivity contribution in [3.05, 3.63) is 16.6 Å². The predicted octanol–water partition coefficient (Wildman–Crippen LogP) is 2.39. The summed E-state index contributed by atoms with van der Waals surface area (Å²) in [5.74, 6) is -0.753. The maximum absolute atomic E-state index is 10.7. The van der Waals surface area contributed by atoms with Crippen LogP contribution in [0.5, 0.6) is 0 Å². The molecule has 0 fully saturated rings. The quantitative estimate of drug-likeness (QED) is 0.832. The molecule has 0 aliphatic carbocycles. The average Bonchev–Trinajstić information content (AvgIpc) is 2.69. The molecular weight excluding hydrogens is 224 g/mol. The first-order chi connectivity index (χ1) is 7.56. The number of hydrogen-bond donors (Lipinski definition) is 1. The van der Waals surface area contributed by atoms with Gasteiger partial charge in [-0.25, -0.2) is 4.98 Å². The summed E-state index contributed by atoms with van der Waals surface area (Å²) in [5.41, 5.74) is 2.82. The lowest BCUT2D eigenvalue weighted by atomic mass is 10.1. The van der Waals surface area contributed by atoms with E-state index in [4.69, 9.17) is 5.11 Å². The van der Waals surface area contributed by atoms with E-state index in [-0.39, 0.29) is 18.5 Å². The van der Waals surface area contributed by atoms with E-state index in [0.29, 0.717) is 0 Å². The van der Waals surface area contributed by atoms with Gasteiger partial charge < -0.3 is 5.11 Å². The Labute approximate surface area is 99.9 Å². The fourth-order valence-corrected chi connectivity index (χ4v) is 2.58. The van der Waals surface area contributed by atoms with Gasteiger partial charge in [-0.1, -0.05) is 6.92 Å². The number of aromatic nitrogens is 1. The van der Waals surface area contributed by atoms with Gasteiger partial charge in [0.15, 0.2) is 0 Å². The average molecular weight is 242 g/mol. The summed E-state index contributed by atoms with van der Waals surface area (Å²) < 4.78 is 0. The number of carboxylic acids is 1. The molecule has 1 aromatic rings. The molecule has 0 aromatic carbocycles. The Morgan fingerprint density at radius 2 is 2.31 bits per heavy atom. The van der Waals surface area contributed by atoms with Gasteiger partial charge in [-0.3, -0.25) is 9.69 Å². The van der Waals surface area contributed by atoms with Crippen LogP contribution in [0, 0.1) is 0 Å². The zero-order chi connectivity index (χ0) is 12.1. The fraction of sp³-hybridized carbons (Fsp3) is 0.636. The minimum Gasteiger partial charge on any atom is -0.481 e. The Morgan fingerprint density at radius 1 is 1.62 bits per heavy atom. The van der Waals surface area contributed by atoms with Crippen molar-refractivity contribution in [3.63, 3.8) is 0 Å². The van der Waals surface area contributed by atoms with E-state index in [1.807, 2.05) is 24.7 Å². The van der Waals surface area contributed by atoms with Crippen molar-refractivity contribution < 1.29 is 9.90 Å². The van der Waals surface area contributed by atoms with Gasteiger partial charge in [0.2, 0.25) is 0 Å². The molecule has 0 amide bonds. The minimum absolute atomic E-state index is 0.0270. The van der Waals surface area contributed by atoms with Crippen LogP contribution in [-0.2, 0) is 4.79 Å². The maximum Gasteiger partial charge on any atom is 0.304 e. The third-order valence-corrected chi connectivity index (χ3v) is 3.38. The topological polar surface area (TPSA) is 53.4 Å². The molecule has 0 spiro atoms. The van der Waals surface area contributed by atoms with Crippen molar-refractivity contribution in [2.75, 3.05) is 6.54 Å². The maximum atomic E-state index is 10.7. The SMILES string of the molecule is CCN(C(C)CC(=O)O)C(C)c1cscn1. The molecule has 0 aliphatic heterocycles. The lowest BCUT2D eigenvalue weighted by molar-refractivity contribution is -0.138. The van der Waals surface area contributed by atoms with E-state index in [0.717, 1.165) is 12.2 Å². The van der Waals surface area contributed by atoms with Crippen molar-refractivity contribution in [1.29, 1.82) is 0 Å². The molecule has 1 rings (SSSR count). The summed E-state index contributed by atoms with van der Waals surface area (Å²) in [4.78, 5) is 17.1. The highest BCUT2D eigenvalue weighted by Gasteiger charge is 2.22. The van der Waals surface area contributed by atoms with E-state index in [9.17, 15) is 4.79 Å². The molecule has 0 bridgehead atoms. The van der Waals surface area contributed by atoms with E-state index in [1.54, 1.807) is 11.3 Å². The Morgan fingerprint density at radius 3 is 2.75 bits per heavy atom. The first kappa shape index (κ1) is 13.1. The molecule has 0 aliphatic rings. The van der Waals surface area contributed by atoms with Crippen LogP contribution >= 0.6 is 11.3 Å². The van der Waals surface area contributed by atoms with Crippen LogP contribution in [0.2, 0.25) is 0 Å². The van der Waals surface area contributed by atoms with Gasteiger partial charge in [0, 0.05) is 11.4 Å². The van der Waals surface area contributed by atoms with E-state index < -0.39 is 5.97 Å². The number of carboxylic acid groups (broad SMARTS) is 1. The molecule has 1 heterocycles. The van der Waals surface area contributed by atoms with Gasteiger partial charge in [-0.05, 0) is 20.4 Å². The highest BCUT2D eigenvalue weighted by atomic mass is 32.1. The lowest BCUT2D eigenvalue weighted by Crippen LogP contribution is -2.36. The Hall–Kier alpha value is -0.940. The number of aliphatic carboxylic acids is 1. The summed E-state index contributed by atoms with van der Waals surface area (Å²) in [6, 6.07) is 0.199. The van der Waals surface area contributed by atoms with Crippen LogP contribution in [0.4, 0.5) is 0 Å². The first-order valence-electron chi connectivity index (χ1n) is 5.41. The number of rotatable bonds is 6. The molecule has 2 unspecified atom stereocenters. The van der Waals surface area contributed by atoms with Gasteiger partial charge in [0.05, 0.1) is 23.7 Å². The lowest BCUT2D eigenvalue weighted by Gasteiger charge is -2.31. The highest BCUT2D eigenvalue weighted by molar-refractivity contribution is 7.07. The first-order valence-corrected chi connectivity index (χ1v) is 6.36. The van der Waals surface area contributed by atoms with E-state index in [1.165, 1.54) is 0 Å². The number of thiazole rings is 1. The summed E-state index contributed by atoms with van der Waals surface area (Å²) in [7, 11) is 0. The molecule has 16 heavy (non-hydrogen) atoms. The van der Waals surface area contributed by atoms with Crippen LogP contribution in [0.1, 0.15) is 38.9 Å². The highest BCUT2D eigenvalue weighted by Crippen LogP contribution is 2.22. The van der Waals surface area contributed by atoms with Crippen molar-refractivity contribution in [2.45, 2.75) is 39.3 Å². The van der Waals surface area contributed by atoms with Gasteiger partial charge in [-0.15, -0.1) is 11.3 Å². The van der Waals surface area contributed by atoms with Crippen molar-refractivity contribution in [3.8, 4) is 0 Å². The normalized spacial score (nSPS) is 15.0. The summed E-state index contributed by atoms with van der Waals surface area (Å²) >= 11 is 1.57. The van der Waals surface area contributed by atoms with Crippen LogP contribution in [-0.4, -0.2) is 33.5 Å². The van der Waals surface area contributed by atoms with E-state index >= 15 is 0 Å². The van der Waals surface area contributed by atoms with Crippen LogP contribution in [0.15, 0.2) is 10.9 Å². The van der Waals surface area contributed by atoms with Gasteiger partial charge in [-0.2, -0.15) is 0 Å². The van der Waals surface area contributed by atoms with Gasteiger partial charge in [0.1, 0.15) is 0 Å². The van der Waals surface area contributed by atoms with Crippen LogP contribution in [0.25, 0.3) is 0 Å². The molecule has 4 nitrogen and oxygen atoms in total. The Kier molecular flexibility index (Phi) is 4.89. The van der Waals surface area contributed by atoms with Crippen molar-refractivity contribution in [2.24, 2.45) is 0 Å². The second-order valence-electron chi connectivity index (χ2n) is 3.87. The van der Waals surface area contributed by atoms with Crippen molar-refractivity contribution >= 4 is 17.3 Å². The molecular formula is C11H18N2O2S. The minimum atomic E-state index is -0.753. The molecule has 90 valence electrons. The zero-order valence-corrected chi connectivity index (χ0v) is 10.7. The molecule has 2 atom stereocenters. The molecule has 1 N–H and O–H groups in total. The number of carbonyl (C=O) groups is 1. The third kappa shape index (κ3) is 3.28. The second kappa shape index (κ2) is 5.96. The Balaban J connectivity index is 2.70. The second-order valence-corrected chi connectivity index (χ2v) is 4.59. The number of hydrogen-bond acceptors (Lipinski definition) is 4. The summed E-state index contributed by atoms with van der Waals surface area (Å²) in [6.07, 6.45) is 0.169. The fourth-order valence-electron chi connectivity index (χ4n) is 1.94. The van der Waals surface area contributed by atoms with Crippen LogP contribution in [0.3, 0.4) is 0 Å². The molecule has 0 radical (unpaired) electrons. The summed E-state index contributed by atoms with van der Waals surface area (Å²) in [6.45, 7) is 6.88. The Bertz CT molecular complexity index is 327. The summed E-state index contributed by atoms with van der Waals surface area (Å²) in [5, 5.41) is 10.8. The van der Waals surface area contributed by atoms with Crippen LogP contribution < -0.4 is 0 Å². The molecule has 0 saturated heterocycles. The smallest absolute Gasteiger partial charge is 0.304 e. The van der Waals surface area contributed by atoms with Gasteiger partial charge >= 0.3 is 5.97 Å². The third-order valence-electron chi connectivity index (χ3n) is 2.78. The largest absolute Gasteiger partial charge is 0.481 e. The zero-order valence-electron chi connectivity index (χ0n) is 9.88. The number of nitrogens with zero attached hydrogens (tertiary/aromatic N) is 2. The molecule has 0 saturated carbocycles.